The highest BCUT2D eigenvalue weighted by Gasteiger charge is 2.46. The zero-order chi connectivity index (χ0) is 43.3. The molecule has 0 N–H and O–H groups in total. The molecule has 66 heavy (non-hydrogen) atoms. The number of nitrogens with zero attached hydrogens (tertiary/aromatic N) is 4. The van der Waals surface area contributed by atoms with Crippen molar-refractivity contribution in [1.29, 1.82) is 0 Å². The number of rotatable bonds is 6. The average molecular weight is 879 g/mol. The van der Waals surface area contributed by atoms with E-state index in [2.05, 4.69) is 243 Å². The summed E-state index contributed by atoms with van der Waals surface area (Å²) in [7, 11) is 0. The molecule has 7 heteroatoms. The molecule has 310 valence electrons. The van der Waals surface area contributed by atoms with E-state index >= 15 is 0 Å². The number of hydrogen-bond donors (Lipinski definition) is 0. The Kier molecular flexibility index (Phi) is 8.45. The first kappa shape index (κ1) is 37.5. The Labute approximate surface area is 392 Å². The maximum Gasteiger partial charge on any atom is 0.264 e. The van der Waals surface area contributed by atoms with E-state index in [0.717, 1.165) is 23.5 Å². The summed E-state index contributed by atoms with van der Waals surface area (Å²) in [6, 6.07) is 80.5. The summed E-state index contributed by atoms with van der Waals surface area (Å²) in [6.07, 6.45) is 0.763. The van der Waals surface area contributed by atoms with Crippen molar-refractivity contribution in [3.05, 3.63) is 235 Å². The zero-order valence-corrected chi connectivity index (χ0v) is 37.4. The fourth-order valence-corrected chi connectivity index (χ4v) is 13.2. The van der Waals surface area contributed by atoms with E-state index in [1.807, 2.05) is 11.3 Å². The summed E-state index contributed by atoms with van der Waals surface area (Å²) in [5, 5.41) is 4.87. The molecule has 0 bridgehead atoms. The van der Waals surface area contributed by atoms with Crippen LogP contribution in [0.4, 0.5) is 68.2 Å². The lowest BCUT2D eigenvalue weighted by atomic mass is 9.36. The first-order valence-electron chi connectivity index (χ1n) is 22.6. The van der Waals surface area contributed by atoms with E-state index in [0.29, 0.717) is 0 Å². The van der Waals surface area contributed by atoms with Crippen molar-refractivity contribution in [1.82, 2.24) is 0 Å². The SMILES string of the molecule is c1ccc(N2c3cc4c(cc3Cc3c2cccc3N(c2ccccc2)c2csc3ccccc23)N(c2ccccc2)c2cccc3c2B4c2sc4ccccc4c2N3c2ccccc2)cc1. The predicted molar refractivity (Wildman–Crippen MR) is 283 cm³/mol. The van der Waals surface area contributed by atoms with Crippen molar-refractivity contribution < 1.29 is 0 Å². The van der Waals surface area contributed by atoms with Crippen molar-refractivity contribution in [2.75, 3.05) is 19.6 Å². The number of anilines is 12. The third-order valence-electron chi connectivity index (χ3n) is 13.7. The Balaban J connectivity index is 1.04. The molecule has 0 spiro atoms. The second kappa shape index (κ2) is 14.9. The molecule has 0 radical (unpaired) electrons. The van der Waals surface area contributed by atoms with Gasteiger partial charge in [0.05, 0.1) is 22.7 Å². The van der Waals surface area contributed by atoms with E-state index in [9.17, 15) is 0 Å². The molecule has 14 rings (SSSR count). The number of benzene rings is 9. The molecule has 0 fully saturated rings. The van der Waals surface area contributed by atoms with Crippen molar-refractivity contribution in [3.8, 4) is 0 Å². The second-order valence-electron chi connectivity index (χ2n) is 17.2. The summed E-state index contributed by atoms with van der Waals surface area (Å²) >= 11 is 3.75. The van der Waals surface area contributed by atoms with E-state index in [4.69, 9.17) is 0 Å². The Hall–Kier alpha value is -7.84. The summed E-state index contributed by atoms with van der Waals surface area (Å²) in [6.45, 7) is 0.00891. The summed E-state index contributed by atoms with van der Waals surface area (Å²) < 4.78 is 3.96. The van der Waals surface area contributed by atoms with Crippen LogP contribution in [0.1, 0.15) is 11.1 Å². The van der Waals surface area contributed by atoms with E-state index in [-0.39, 0.29) is 6.71 Å². The highest BCUT2D eigenvalue weighted by Crippen LogP contribution is 2.53. The zero-order valence-electron chi connectivity index (χ0n) is 35.8. The summed E-state index contributed by atoms with van der Waals surface area (Å²) in [5.74, 6) is 0. The molecule has 0 aliphatic carbocycles. The first-order valence-corrected chi connectivity index (χ1v) is 24.3. The van der Waals surface area contributed by atoms with Gasteiger partial charge >= 0.3 is 0 Å². The maximum atomic E-state index is 2.56. The van der Waals surface area contributed by atoms with Gasteiger partial charge in [-0.3, -0.25) is 0 Å². The van der Waals surface area contributed by atoms with Crippen LogP contribution >= 0.6 is 22.7 Å². The highest BCUT2D eigenvalue weighted by atomic mass is 32.1. The molecule has 0 atom stereocenters. The molecule has 0 saturated carbocycles. The Morgan fingerprint density at radius 3 is 1.71 bits per heavy atom. The van der Waals surface area contributed by atoms with E-state index < -0.39 is 0 Å². The molecule has 4 nitrogen and oxygen atoms in total. The van der Waals surface area contributed by atoms with Gasteiger partial charge in [-0.15, -0.1) is 22.7 Å². The second-order valence-corrected chi connectivity index (χ2v) is 19.2. The molecule has 5 heterocycles. The van der Waals surface area contributed by atoms with Crippen LogP contribution in [0.5, 0.6) is 0 Å². The van der Waals surface area contributed by atoms with E-state index in [1.54, 1.807) is 11.3 Å². The van der Waals surface area contributed by atoms with Crippen LogP contribution in [0.2, 0.25) is 0 Å². The quantitative estimate of drug-likeness (QED) is 0.154. The van der Waals surface area contributed by atoms with Crippen LogP contribution in [0.15, 0.2) is 224 Å². The number of hydrogen-bond acceptors (Lipinski definition) is 6. The minimum absolute atomic E-state index is 0.00891. The Morgan fingerprint density at radius 1 is 0.439 bits per heavy atom. The fourth-order valence-electron chi connectivity index (χ4n) is 11.0. The molecular formula is C59H39BN4S2. The van der Waals surface area contributed by atoms with Crippen molar-refractivity contribution in [2.45, 2.75) is 6.42 Å². The van der Waals surface area contributed by atoms with Gasteiger partial charge in [0.2, 0.25) is 0 Å². The molecule has 3 aliphatic heterocycles. The normalized spacial score (nSPS) is 13.3. The van der Waals surface area contributed by atoms with Crippen molar-refractivity contribution in [3.63, 3.8) is 0 Å². The van der Waals surface area contributed by atoms with Gasteiger partial charge < -0.3 is 19.6 Å². The van der Waals surface area contributed by atoms with Gasteiger partial charge in [-0.05, 0) is 114 Å². The minimum Gasteiger partial charge on any atom is -0.311 e. The van der Waals surface area contributed by atoms with Crippen LogP contribution in [0.3, 0.4) is 0 Å². The third-order valence-corrected chi connectivity index (χ3v) is 15.8. The summed E-state index contributed by atoms with van der Waals surface area (Å²) in [5.41, 5.74) is 19.6. The fraction of sp³-hybridized carbons (Fsp3) is 0.0169. The van der Waals surface area contributed by atoms with Gasteiger partial charge in [0.15, 0.2) is 0 Å². The van der Waals surface area contributed by atoms with Crippen LogP contribution in [-0.4, -0.2) is 6.71 Å². The Bertz CT molecular complexity index is 3670. The topological polar surface area (TPSA) is 13.0 Å². The third kappa shape index (κ3) is 5.57. The first-order chi connectivity index (χ1) is 32.8. The van der Waals surface area contributed by atoms with Crippen LogP contribution in [-0.2, 0) is 6.42 Å². The molecule has 0 amide bonds. The van der Waals surface area contributed by atoms with Crippen molar-refractivity contribution >= 4 is 134 Å². The number of para-hydroxylation sites is 4. The molecular weight excluding hydrogens is 840 g/mol. The molecule has 0 saturated heterocycles. The molecule has 11 aromatic rings. The van der Waals surface area contributed by atoms with Crippen molar-refractivity contribution in [2.24, 2.45) is 0 Å². The lowest BCUT2D eigenvalue weighted by molar-refractivity contribution is 1.07. The Morgan fingerprint density at radius 2 is 1.00 bits per heavy atom. The van der Waals surface area contributed by atoms with Crippen LogP contribution in [0, 0.1) is 0 Å². The lowest BCUT2D eigenvalue weighted by Crippen LogP contribution is -2.60. The van der Waals surface area contributed by atoms with Crippen LogP contribution < -0.4 is 35.3 Å². The molecule has 9 aromatic carbocycles. The summed E-state index contributed by atoms with van der Waals surface area (Å²) in [4.78, 5) is 10.1. The maximum absolute atomic E-state index is 2.56. The molecule has 0 unspecified atom stereocenters. The molecule has 3 aliphatic rings. The van der Waals surface area contributed by atoms with Gasteiger partial charge in [0.1, 0.15) is 0 Å². The minimum atomic E-state index is 0.00891. The van der Waals surface area contributed by atoms with Gasteiger partial charge in [0.25, 0.3) is 6.71 Å². The van der Waals surface area contributed by atoms with Gasteiger partial charge in [0, 0.05) is 87.8 Å². The smallest absolute Gasteiger partial charge is 0.264 e. The van der Waals surface area contributed by atoms with Crippen LogP contribution in [0.25, 0.3) is 20.2 Å². The molecule has 2 aromatic heterocycles. The van der Waals surface area contributed by atoms with Gasteiger partial charge in [-0.1, -0.05) is 121 Å². The predicted octanol–water partition coefficient (Wildman–Crippen LogP) is 15.0. The van der Waals surface area contributed by atoms with E-state index in [1.165, 1.54) is 98.2 Å². The standard InChI is InChI=1S/C59H39BN4S2/c1-5-19-40(20-6-1)61-48-29-17-30-49(62(41-21-7-2-8-22-41)54-38-65-55-33-15-13-27-44(54)55)46(48)35-39-36-53-47(37-52(39)61)60-57-50(63(53)42-23-9-3-10-24-42)31-18-32-51(57)64(43-25-11-4-12-26-43)58-45-28-14-16-34-56(45)66-59(58)60/h1-34,36-38H,35H2. The van der Waals surface area contributed by atoms with Gasteiger partial charge in [-0.25, -0.2) is 0 Å². The largest absolute Gasteiger partial charge is 0.311 e. The monoisotopic (exact) mass is 878 g/mol. The average Bonchev–Trinajstić information content (AvgIpc) is 3.98. The lowest BCUT2D eigenvalue weighted by Gasteiger charge is -2.44. The van der Waals surface area contributed by atoms with Gasteiger partial charge in [-0.2, -0.15) is 0 Å². The number of fused-ring (bicyclic) bond motifs is 9. The highest BCUT2D eigenvalue weighted by molar-refractivity contribution is 7.33. The number of thiophene rings is 2.